The molecule has 200 valence electrons. The van der Waals surface area contributed by atoms with E-state index >= 15 is 0 Å². The molecule has 2 nitrogen and oxygen atoms in total. The average molecular weight is 548 g/mol. The number of halogens is 1. The molecule has 0 fully saturated rings. The van der Waals surface area contributed by atoms with Crippen molar-refractivity contribution >= 4 is 0 Å². The van der Waals surface area contributed by atoms with Gasteiger partial charge in [0.2, 0.25) is 0 Å². The first-order chi connectivity index (χ1) is 16.6. The summed E-state index contributed by atoms with van der Waals surface area (Å²) in [5, 5.41) is 0. The molecule has 2 N–H and O–H groups in total. The van der Waals surface area contributed by atoms with Crippen LogP contribution >= 0.6 is 0 Å². The average Bonchev–Trinajstić information content (AvgIpc) is 2.85. The molecular weight excluding hydrogens is 492 g/mol. The molecule has 0 aliphatic heterocycles. The Morgan fingerprint density at radius 2 is 0.914 bits per heavy atom. The maximum absolute atomic E-state index is 5.35. The Kier molecular flexibility index (Phi) is 22.5. The van der Waals surface area contributed by atoms with Crippen LogP contribution in [-0.2, 0) is 13.1 Å². The number of nitrogens with zero attached hydrogens (tertiary/aromatic N) is 1. The predicted octanol–water partition coefficient (Wildman–Crippen LogP) is 5.89. The van der Waals surface area contributed by atoms with Crippen LogP contribution in [0.3, 0.4) is 0 Å². The van der Waals surface area contributed by atoms with Gasteiger partial charge in [0.15, 0.2) is 0 Å². The summed E-state index contributed by atoms with van der Waals surface area (Å²) in [6, 6.07) is 20.9. The number of quaternary nitrogens is 1. The van der Waals surface area contributed by atoms with E-state index in [0.717, 1.165) is 11.0 Å². The van der Waals surface area contributed by atoms with Crippen LogP contribution < -0.4 is 22.7 Å². The van der Waals surface area contributed by atoms with Crippen LogP contribution in [0.1, 0.15) is 108 Å². The monoisotopic (exact) mass is 546 g/mol. The quantitative estimate of drug-likeness (QED) is 0.183. The minimum atomic E-state index is 0. The summed E-state index contributed by atoms with van der Waals surface area (Å²) < 4.78 is 1.11. The Bertz CT molecular complexity index is 672. The highest BCUT2D eigenvalue weighted by Crippen LogP contribution is 2.15. The first-order valence-electron chi connectivity index (χ1n) is 14.2. The van der Waals surface area contributed by atoms with Crippen molar-refractivity contribution in [1.82, 2.24) is 0 Å². The van der Waals surface area contributed by atoms with E-state index in [1.165, 1.54) is 108 Å². The van der Waals surface area contributed by atoms with Crippen LogP contribution in [0.4, 0.5) is 0 Å². The lowest BCUT2D eigenvalue weighted by atomic mass is 10.0. The number of rotatable bonds is 18. The van der Waals surface area contributed by atoms with E-state index < -0.39 is 0 Å². The summed E-state index contributed by atoms with van der Waals surface area (Å²) in [7, 11) is 4.74. The summed E-state index contributed by atoms with van der Waals surface area (Å²) in [4.78, 5) is 0. The van der Waals surface area contributed by atoms with Gasteiger partial charge in [0, 0.05) is 12.1 Å². The Morgan fingerprint density at radius 1 is 0.543 bits per heavy atom. The second-order valence-corrected chi connectivity index (χ2v) is 10.6. The van der Waals surface area contributed by atoms with Gasteiger partial charge < -0.3 is 27.2 Å². The number of hydrogen-bond acceptors (Lipinski definition) is 1. The van der Waals surface area contributed by atoms with Crippen LogP contribution in [0.15, 0.2) is 60.7 Å². The topological polar surface area (TPSA) is 26.0 Å². The molecule has 0 radical (unpaired) electrons. The van der Waals surface area contributed by atoms with Gasteiger partial charge in [0.25, 0.3) is 0 Å². The lowest BCUT2D eigenvalue weighted by Crippen LogP contribution is -3.00. The normalized spacial score (nSPS) is 10.9. The highest BCUT2D eigenvalue weighted by atomic mass is 79.9. The first kappa shape index (κ1) is 33.8. The molecule has 0 unspecified atom stereocenters. The van der Waals surface area contributed by atoms with E-state index in [9.17, 15) is 0 Å². The molecule has 35 heavy (non-hydrogen) atoms. The third-order valence-electron chi connectivity index (χ3n) is 6.65. The molecule has 0 saturated heterocycles. The fraction of sp³-hybridized carbons (Fsp3) is 0.625. The van der Waals surface area contributed by atoms with E-state index in [-0.39, 0.29) is 17.0 Å². The molecule has 0 amide bonds. The lowest BCUT2D eigenvalue weighted by molar-refractivity contribution is -0.903. The maximum Gasteiger partial charge on any atom is 0.104 e. The summed E-state index contributed by atoms with van der Waals surface area (Å²) in [6.45, 7) is 5.39. The van der Waals surface area contributed by atoms with Gasteiger partial charge in [-0.05, 0) is 18.4 Å². The van der Waals surface area contributed by atoms with Gasteiger partial charge in [0.05, 0.1) is 20.6 Å². The Morgan fingerprint density at radius 3 is 1.29 bits per heavy atom. The highest BCUT2D eigenvalue weighted by Gasteiger charge is 2.14. The smallest absolute Gasteiger partial charge is 0.104 e. The first-order valence-corrected chi connectivity index (χ1v) is 14.2. The largest absolute Gasteiger partial charge is 1.00 e. The van der Waals surface area contributed by atoms with Crippen molar-refractivity contribution in [3.05, 3.63) is 71.8 Å². The molecule has 0 atom stereocenters. The summed E-state index contributed by atoms with van der Waals surface area (Å²) in [5.41, 5.74) is 8.00. The van der Waals surface area contributed by atoms with Crippen molar-refractivity contribution in [2.45, 2.75) is 110 Å². The number of benzene rings is 2. The predicted molar refractivity (Wildman–Crippen MR) is 152 cm³/mol. The molecule has 3 heteroatoms. The minimum absolute atomic E-state index is 0. The van der Waals surface area contributed by atoms with Gasteiger partial charge in [-0.15, -0.1) is 0 Å². The Labute approximate surface area is 229 Å². The summed E-state index contributed by atoms with van der Waals surface area (Å²) in [6.07, 6.45) is 20.2. The van der Waals surface area contributed by atoms with Crippen molar-refractivity contribution in [3.63, 3.8) is 0 Å². The Hall–Kier alpha value is -1.16. The number of nitrogens with two attached hydrogens (primary N) is 1. The molecule has 0 aromatic heterocycles. The van der Waals surface area contributed by atoms with E-state index in [1.54, 1.807) is 0 Å². The third-order valence-corrected chi connectivity index (χ3v) is 6.65. The summed E-state index contributed by atoms with van der Waals surface area (Å²) >= 11 is 0. The standard InChI is InChI=1S/C25H46N.C7H9N.BrH/c1-4-5-6-7-8-9-10-11-12-13-14-15-16-20-23-26(2,3)24-25-21-18-17-19-22-25;8-6-7-4-2-1-3-5-7;/h17-19,21-22H,4-16,20,23-24H2,1-3H3;1-5H,6,8H2;1H/q+1;;/p-1. The molecule has 0 bridgehead atoms. The zero-order valence-electron chi connectivity index (χ0n) is 23.2. The zero-order chi connectivity index (χ0) is 24.7. The molecule has 2 rings (SSSR count). The highest BCUT2D eigenvalue weighted by molar-refractivity contribution is 5.14. The van der Waals surface area contributed by atoms with Crippen LogP contribution in [0.5, 0.6) is 0 Å². The van der Waals surface area contributed by atoms with Gasteiger partial charge in [-0.25, -0.2) is 0 Å². The second-order valence-electron chi connectivity index (χ2n) is 10.6. The van der Waals surface area contributed by atoms with E-state index in [4.69, 9.17) is 5.73 Å². The lowest BCUT2D eigenvalue weighted by Gasteiger charge is -2.30. The van der Waals surface area contributed by atoms with Crippen LogP contribution in [0.25, 0.3) is 0 Å². The molecule has 0 saturated carbocycles. The van der Waals surface area contributed by atoms with Crippen molar-refractivity contribution in [3.8, 4) is 0 Å². The minimum Gasteiger partial charge on any atom is -1.00 e. The second kappa shape index (κ2) is 23.3. The maximum atomic E-state index is 5.35. The van der Waals surface area contributed by atoms with E-state index in [0.29, 0.717) is 6.54 Å². The fourth-order valence-corrected chi connectivity index (χ4v) is 4.51. The summed E-state index contributed by atoms with van der Waals surface area (Å²) in [5.74, 6) is 0. The van der Waals surface area contributed by atoms with E-state index in [2.05, 4.69) is 51.4 Å². The van der Waals surface area contributed by atoms with Crippen molar-refractivity contribution in [1.29, 1.82) is 0 Å². The van der Waals surface area contributed by atoms with Gasteiger partial charge >= 0.3 is 0 Å². The van der Waals surface area contributed by atoms with Gasteiger partial charge in [-0.1, -0.05) is 145 Å². The van der Waals surface area contributed by atoms with Crippen molar-refractivity contribution < 1.29 is 21.5 Å². The molecule has 2 aromatic rings. The van der Waals surface area contributed by atoms with Crippen LogP contribution in [0.2, 0.25) is 0 Å². The van der Waals surface area contributed by atoms with Gasteiger partial charge in [-0.2, -0.15) is 0 Å². The molecule has 0 aliphatic carbocycles. The van der Waals surface area contributed by atoms with Crippen molar-refractivity contribution in [2.24, 2.45) is 5.73 Å². The zero-order valence-corrected chi connectivity index (χ0v) is 24.8. The van der Waals surface area contributed by atoms with E-state index in [1.807, 2.05) is 30.3 Å². The fourth-order valence-electron chi connectivity index (χ4n) is 4.51. The van der Waals surface area contributed by atoms with Crippen molar-refractivity contribution in [2.75, 3.05) is 20.6 Å². The molecule has 0 heterocycles. The molecular formula is C32H55BrN2. The molecule has 0 spiro atoms. The molecule has 0 aliphatic rings. The van der Waals surface area contributed by atoms with Crippen LogP contribution in [-0.4, -0.2) is 25.1 Å². The SMILES string of the molecule is CCCCCCCCCCCCCCCC[N+](C)(C)Cc1ccccc1.NCc1ccccc1.[Br-]. The Balaban J connectivity index is 0.00000108. The number of hydrogen-bond donors (Lipinski definition) is 1. The molecule has 2 aromatic carbocycles. The third kappa shape index (κ3) is 20.7. The van der Waals surface area contributed by atoms with Crippen LogP contribution in [0, 0.1) is 0 Å². The van der Waals surface area contributed by atoms with Gasteiger partial charge in [0.1, 0.15) is 6.54 Å². The van der Waals surface area contributed by atoms with Gasteiger partial charge in [-0.3, -0.25) is 0 Å². The number of unbranched alkanes of at least 4 members (excludes halogenated alkanes) is 13.